The minimum atomic E-state index is 0.386. The van der Waals surface area contributed by atoms with Crippen LogP contribution in [0.5, 0.6) is 0 Å². The molecular weight excluding hydrogens is 679 g/mol. The molecule has 0 saturated carbocycles. The highest BCUT2D eigenvalue weighted by molar-refractivity contribution is 6.13. The van der Waals surface area contributed by atoms with E-state index in [0.29, 0.717) is 11.8 Å². The highest BCUT2D eigenvalue weighted by Gasteiger charge is 2.28. The van der Waals surface area contributed by atoms with Gasteiger partial charge in [-0.25, -0.2) is 0 Å². The van der Waals surface area contributed by atoms with Crippen molar-refractivity contribution in [1.29, 1.82) is 0 Å². The van der Waals surface area contributed by atoms with Gasteiger partial charge in [-0.1, -0.05) is 159 Å². The maximum Gasteiger partial charge on any atom is 0.159 e. The van der Waals surface area contributed by atoms with Gasteiger partial charge in [0, 0.05) is 21.8 Å². The molecule has 1 heterocycles. The summed E-state index contributed by atoms with van der Waals surface area (Å²) in [5.41, 5.74) is 15.7. The first-order valence-electron chi connectivity index (χ1n) is 20.0. The molecule has 0 radical (unpaired) electrons. The standard InChI is InChI=1S/C54H41NO/c1-34-15-12-24-40-39-19-6-8-21-42(39)49(33-47(34)40)55(48-27-14-26-46-43-22-10-11-28-50(43)56-54(46)48)38-31-29-37(30-32-38)53-51-35(2)16-13-25-44(51)41-20-7-9-23-45(41)52(53)36-17-4-3-5-18-36/h3-14,17-35H,15-16H2,1-2H3/t34-,35?/m1/s1. The van der Waals surface area contributed by atoms with E-state index in [9.17, 15) is 0 Å². The summed E-state index contributed by atoms with van der Waals surface area (Å²) >= 11 is 0. The SMILES string of the molecule is CC1CC=Cc2c1c(-c1ccc(N(c3cc4c(c5ccccc35)C=CC[C@H]4C)c3cccc4c3oc3ccccc34)cc1)c(-c1ccccc1)c1ccccc21. The van der Waals surface area contributed by atoms with Gasteiger partial charge in [0.1, 0.15) is 5.58 Å². The largest absolute Gasteiger partial charge is 0.454 e. The van der Waals surface area contributed by atoms with Crippen molar-refractivity contribution in [2.75, 3.05) is 4.90 Å². The molecule has 0 fully saturated rings. The average molecular weight is 720 g/mol. The van der Waals surface area contributed by atoms with E-state index in [2.05, 4.69) is 195 Å². The monoisotopic (exact) mass is 719 g/mol. The highest BCUT2D eigenvalue weighted by Crippen LogP contribution is 2.51. The number of benzene rings is 8. The van der Waals surface area contributed by atoms with Crippen LogP contribution in [-0.2, 0) is 0 Å². The van der Waals surface area contributed by atoms with Gasteiger partial charge in [0.05, 0.1) is 11.4 Å². The van der Waals surface area contributed by atoms with Crippen LogP contribution in [0.3, 0.4) is 0 Å². The molecule has 0 amide bonds. The van der Waals surface area contributed by atoms with Gasteiger partial charge in [-0.05, 0) is 116 Å². The fourth-order valence-corrected chi connectivity index (χ4v) is 9.68. The van der Waals surface area contributed by atoms with Crippen LogP contribution in [0, 0.1) is 0 Å². The second-order valence-electron chi connectivity index (χ2n) is 15.6. The van der Waals surface area contributed by atoms with E-state index >= 15 is 0 Å². The maximum atomic E-state index is 6.77. The summed E-state index contributed by atoms with van der Waals surface area (Å²) in [4.78, 5) is 2.45. The van der Waals surface area contributed by atoms with E-state index in [0.717, 1.165) is 51.8 Å². The van der Waals surface area contributed by atoms with Gasteiger partial charge in [0.2, 0.25) is 0 Å². The van der Waals surface area contributed by atoms with Gasteiger partial charge in [-0.15, -0.1) is 0 Å². The van der Waals surface area contributed by atoms with Gasteiger partial charge in [-0.2, -0.15) is 0 Å². The Morgan fingerprint density at radius 1 is 0.482 bits per heavy atom. The number of hydrogen-bond acceptors (Lipinski definition) is 2. The molecule has 56 heavy (non-hydrogen) atoms. The molecule has 2 heteroatoms. The predicted octanol–water partition coefficient (Wildman–Crippen LogP) is 15.7. The molecule has 8 aromatic carbocycles. The van der Waals surface area contributed by atoms with E-state index in [1.54, 1.807) is 0 Å². The Kier molecular flexibility index (Phi) is 7.60. The molecule has 2 aliphatic carbocycles. The van der Waals surface area contributed by atoms with E-state index < -0.39 is 0 Å². The van der Waals surface area contributed by atoms with Crippen LogP contribution in [-0.4, -0.2) is 0 Å². The van der Waals surface area contributed by atoms with Crippen LogP contribution >= 0.6 is 0 Å². The first-order valence-corrected chi connectivity index (χ1v) is 20.0. The second kappa shape index (κ2) is 13.0. The summed E-state index contributed by atoms with van der Waals surface area (Å²) in [5.74, 6) is 0.799. The Bertz CT molecular complexity index is 3050. The Balaban J connectivity index is 1.18. The molecule has 2 atom stereocenters. The Morgan fingerprint density at radius 3 is 1.88 bits per heavy atom. The van der Waals surface area contributed by atoms with Crippen molar-refractivity contribution < 1.29 is 4.42 Å². The third-order valence-corrected chi connectivity index (χ3v) is 12.3. The lowest BCUT2D eigenvalue weighted by molar-refractivity contribution is 0.669. The van der Waals surface area contributed by atoms with Gasteiger partial charge in [0.15, 0.2) is 5.58 Å². The number of nitrogens with zero attached hydrogens (tertiary/aromatic N) is 1. The van der Waals surface area contributed by atoms with Gasteiger partial charge in [0.25, 0.3) is 0 Å². The molecule has 268 valence electrons. The van der Waals surface area contributed by atoms with Gasteiger partial charge >= 0.3 is 0 Å². The van der Waals surface area contributed by atoms with Gasteiger partial charge < -0.3 is 9.32 Å². The lowest BCUT2D eigenvalue weighted by Gasteiger charge is -2.30. The first-order chi connectivity index (χ1) is 27.6. The van der Waals surface area contributed by atoms with E-state index in [-0.39, 0.29) is 0 Å². The van der Waals surface area contributed by atoms with E-state index in [4.69, 9.17) is 4.42 Å². The summed E-state index contributed by atoms with van der Waals surface area (Å²) < 4.78 is 6.77. The molecule has 0 aliphatic heterocycles. The third-order valence-electron chi connectivity index (χ3n) is 12.3. The predicted molar refractivity (Wildman–Crippen MR) is 238 cm³/mol. The molecule has 2 aliphatic rings. The van der Waals surface area contributed by atoms with Crippen LogP contribution in [0.25, 0.3) is 77.9 Å². The molecular formula is C54H41NO. The van der Waals surface area contributed by atoms with Crippen LogP contribution in [0.1, 0.15) is 60.8 Å². The fourth-order valence-electron chi connectivity index (χ4n) is 9.68. The number of para-hydroxylation sites is 2. The molecule has 0 spiro atoms. The average Bonchev–Trinajstić information content (AvgIpc) is 3.64. The van der Waals surface area contributed by atoms with E-state index in [1.165, 1.54) is 66.1 Å². The lowest BCUT2D eigenvalue weighted by atomic mass is 9.76. The third kappa shape index (κ3) is 5.02. The topological polar surface area (TPSA) is 16.4 Å². The van der Waals surface area contributed by atoms with Gasteiger partial charge in [-0.3, -0.25) is 0 Å². The number of rotatable bonds is 5. The fraction of sp³-hybridized carbons (Fsp3) is 0.111. The van der Waals surface area contributed by atoms with Crippen LogP contribution < -0.4 is 4.90 Å². The molecule has 11 rings (SSSR count). The highest BCUT2D eigenvalue weighted by atomic mass is 16.3. The summed E-state index contributed by atoms with van der Waals surface area (Å²) in [6.45, 7) is 4.74. The summed E-state index contributed by atoms with van der Waals surface area (Å²) in [5, 5.41) is 7.36. The van der Waals surface area contributed by atoms with Crippen molar-refractivity contribution in [1.82, 2.24) is 0 Å². The summed E-state index contributed by atoms with van der Waals surface area (Å²) in [6, 6.07) is 55.6. The molecule has 0 bridgehead atoms. The molecule has 9 aromatic rings. The quantitative estimate of drug-likeness (QED) is 0.176. The van der Waals surface area contributed by atoms with E-state index in [1.807, 2.05) is 0 Å². The molecule has 0 N–H and O–H groups in total. The minimum absolute atomic E-state index is 0.386. The number of furan rings is 1. The smallest absolute Gasteiger partial charge is 0.159 e. The van der Waals surface area contributed by atoms with Crippen molar-refractivity contribution in [3.63, 3.8) is 0 Å². The molecule has 2 nitrogen and oxygen atoms in total. The van der Waals surface area contributed by atoms with Crippen molar-refractivity contribution in [3.8, 4) is 22.3 Å². The van der Waals surface area contributed by atoms with Crippen LogP contribution in [0.15, 0.2) is 168 Å². The van der Waals surface area contributed by atoms with Crippen molar-refractivity contribution in [3.05, 3.63) is 186 Å². The first kappa shape index (κ1) is 32.8. The number of hydrogen-bond donors (Lipinski definition) is 0. The zero-order chi connectivity index (χ0) is 37.3. The molecule has 1 aromatic heterocycles. The maximum absolute atomic E-state index is 6.77. The van der Waals surface area contributed by atoms with Crippen molar-refractivity contribution in [2.24, 2.45) is 0 Å². The van der Waals surface area contributed by atoms with Crippen LogP contribution in [0.4, 0.5) is 17.1 Å². The number of fused-ring (bicyclic) bond motifs is 9. The lowest BCUT2D eigenvalue weighted by Crippen LogP contribution is -2.13. The second-order valence-corrected chi connectivity index (χ2v) is 15.6. The Labute approximate surface area is 327 Å². The Morgan fingerprint density at radius 2 is 1.09 bits per heavy atom. The molecule has 1 unspecified atom stereocenters. The Hall–Kier alpha value is -6.64. The number of anilines is 3. The van der Waals surface area contributed by atoms with Crippen molar-refractivity contribution >= 4 is 72.7 Å². The molecule has 0 saturated heterocycles. The zero-order valence-corrected chi connectivity index (χ0v) is 31.7. The normalized spacial score (nSPS) is 16.1. The van der Waals surface area contributed by atoms with Crippen molar-refractivity contribution in [2.45, 2.75) is 38.5 Å². The minimum Gasteiger partial charge on any atom is -0.454 e. The summed E-state index contributed by atoms with van der Waals surface area (Å²) in [6.07, 6.45) is 11.4. The number of allylic oxidation sites excluding steroid dienone is 2. The zero-order valence-electron chi connectivity index (χ0n) is 31.7. The summed E-state index contributed by atoms with van der Waals surface area (Å²) in [7, 11) is 0. The van der Waals surface area contributed by atoms with Crippen LogP contribution in [0.2, 0.25) is 0 Å².